The van der Waals surface area contributed by atoms with E-state index < -0.39 is 0 Å². The van der Waals surface area contributed by atoms with E-state index in [-0.39, 0.29) is 25.3 Å². The Morgan fingerprint density at radius 3 is 1.70 bits per heavy atom. The first-order chi connectivity index (χ1) is 4.88. The van der Waals surface area contributed by atoms with Crippen LogP contribution in [0.1, 0.15) is 0 Å². The minimum atomic E-state index is 0.0127. The average molecular weight is 146 g/mol. The fraction of sp³-hybridized carbons (Fsp3) is 1.00. The quantitative estimate of drug-likeness (QED) is 0.360. The van der Waals surface area contributed by atoms with E-state index in [0.29, 0.717) is 0 Å². The average Bonchev–Trinajstić information content (AvgIpc) is 2.04. The zero-order valence-corrected chi connectivity index (χ0v) is 5.88. The molecule has 2 unspecified atom stereocenters. The Kier molecular flexibility index (Phi) is 3.08. The Morgan fingerprint density at radius 1 is 1.00 bits per heavy atom. The van der Waals surface area contributed by atoms with Crippen LogP contribution in [-0.4, -0.2) is 48.6 Å². The van der Waals surface area contributed by atoms with Crippen LogP contribution in [0, 0.1) is 0 Å². The summed E-state index contributed by atoms with van der Waals surface area (Å²) in [6.07, 6.45) is 0. The number of rotatable bonds is 2. The van der Waals surface area contributed by atoms with Gasteiger partial charge in [0.05, 0.1) is 13.2 Å². The molecule has 60 valence electrons. The Labute approximate surface area is 60.2 Å². The maximum absolute atomic E-state index is 8.78. The van der Waals surface area contributed by atoms with Crippen LogP contribution in [0.25, 0.3) is 0 Å². The minimum absolute atomic E-state index is 0.0127. The Hall–Kier alpha value is -0.160. The van der Waals surface area contributed by atoms with Crippen LogP contribution in [0.15, 0.2) is 0 Å². The van der Waals surface area contributed by atoms with Crippen LogP contribution in [0.2, 0.25) is 0 Å². The number of hydrogen-bond acceptors (Lipinski definition) is 4. The van der Waals surface area contributed by atoms with Crippen LogP contribution < -0.4 is 10.6 Å². The number of aliphatic hydroxyl groups excluding tert-OH is 2. The summed E-state index contributed by atoms with van der Waals surface area (Å²) in [4.78, 5) is 0. The zero-order chi connectivity index (χ0) is 7.40. The predicted molar refractivity (Wildman–Crippen MR) is 37.8 cm³/mol. The highest BCUT2D eigenvalue weighted by Gasteiger charge is 2.21. The molecule has 1 saturated heterocycles. The van der Waals surface area contributed by atoms with Crippen molar-refractivity contribution in [3.8, 4) is 0 Å². The van der Waals surface area contributed by atoms with Crippen molar-refractivity contribution in [1.29, 1.82) is 0 Å². The highest BCUT2D eigenvalue weighted by molar-refractivity contribution is 4.85. The molecule has 4 N–H and O–H groups in total. The molecule has 1 rings (SSSR count). The van der Waals surface area contributed by atoms with Crippen molar-refractivity contribution in [2.45, 2.75) is 12.1 Å². The fourth-order valence-electron chi connectivity index (χ4n) is 1.18. The van der Waals surface area contributed by atoms with Gasteiger partial charge in [-0.2, -0.15) is 0 Å². The predicted octanol–water partition coefficient (Wildman–Crippen LogP) is -2.10. The van der Waals surface area contributed by atoms with E-state index in [4.69, 9.17) is 10.2 Å². The van der Waals surface area contributed by atoms with E-state index in [2.05, 4.69) is 10.6 Å². The summed E-state index contributed by atoms with van der Waals surface area (Å²) in [5, 5.41) is 23.8. The third kappa shape index (κ3) is 1.67. The lowest BCUT2D eigenvalue weighted by molar-refractivity contribution is 0.144. The van der Waals surface area contributed by atoms with Gasteiger partial charge in [0, 0.05) is 25.2 Å². The van der Waals surface area contributed by atoms with E-state index >= 15 is 0 Å². The largest absolute Gasteiger partial charge is 0.395 e. The molecule has 1 fully saturated rings. The summed E-state index contributed by atoms with van der Waals surface area (Å²) >= 11 is 0. The molecule has 4 heteroatoms. The lowest BCUT2D eigenvalue weighted by atomic mass is 10.1. The molecule has 0 bridgehead atoms. The third-order valence-electron chi connectivity index (χ3n) is 1.82. The smallest absolute Gasteiger partial charge is 0.0600 e. The Morgan fingerprint density at radius 2 is 1.40 bits per heavy atom. The number of aliphatic hydroxyl groups is 2. The van der Waals surface area contributed by atoms with Gasteiger partial charge in [0.15, 0.2) is 0 Å². The summed E-state index contributed by atoms with van der Waals surface area (Å²) in [5.74, 6) is 0. The van der Waals surface area contributed by atoms with E-state index in [1.54, 1.807) is 0 Å². The Balaban J connectivity index is 2.34. The summed E-state index contributed by atoms with van der Waals surface area (Å²) < 4.78 is 0. The van der Waals surface area contributed by atoms with E-state index in [9.17, 15) is 0 Å². The van der Waals surface area contributed by atoms with Crippen molar-refractivity contribution >= 4 is 0 Å². The van der Waals surface area contributed by atoms with Crippen LogP contribution in [0.5, 0.6) is 0 Å². The molecule has 1 heterocycles. The lowest BCUT2D eigenvalue weighted by Gasteiger charge is -2.30. The highest BCUT2D eigenvalue weighted by atomic mass is 16.3. The van der Waals surface area contributed by atoms with Crippen LogP contribution >= 0.6 is 0 Å². The van der Waals surface area contributed by atoms with Gasteiger partial charge in [-0.05, 0) is 0 Å². The third-order valence-corrected chi connectivity index (χ3v) is 1.82. The molecule has 10 heavy (non-hydrogen) atoms. The van der Waals surface area contributed by atoms with Gasteiger partial charge in [0.1, 0.15) is 0 Å². The first-order valence-corrected chi connectivity index (χ1v) is 3.57. The Bertz CT molecular complexity index is 87.7. The SMILES string of the molecule is OCC1NCCNC1CO. The molecule has 1 aliphatic rings. The van der Waals surface area contributed by atoms with Crippen LogP contribution in [-0.2, 0) is 0 Å². The molecule has 4 nitrogen and oxygen atoms in total. The first kappa shape index (κ1) is 7.94. The minimum Gasteiger partial charge on any atom is -0.395 e. The fourth-order valence-corrected chi connectivity index (χ4v) is 1.18. The van der Waals surface area contributed by atoms with Crippen molar-refractivity contribution in [2.75, 3.05) is 26.3 Å². The maximum atomic E-state index is 8.78. The van der Waals surface area contributed by atoms with Gasteiger partial charge in [0.2, 0.25) is 0 Å². The van der Waals surface area contributed by atoms with E-state index in [0.717, 1.165) is 13.1 Å². The van der Waals surface area contributed by atoms with E-state index in [1.807, 2.05) is 0 Å². The molecule has 0 aromatic carbocycles. The molecular formula is C6H14N2O2. The second kappa shape index (κ2) is 3.88. The van der Waals surface area contributed by atoms with Gasteiger partial charge >= 0.3 is 0 Å². The lowest BCUT2D eigenvalue weighted by Crippen LogP contribution is -2.58. The number of piperazine rings is 1. The van der Waals surface area contributed by atoms with Gasteiger partial charge in [-0.3, -0.25) is 0 Å². The maximum Gasteiger partial charge on any atom is 0.0600 e. The molecule has 0 aromatic rings. The second-order valence-corrected chi connectivity index (χ2v) is 2.49. The molecule has 2 atom stereocenters. The van der Waals surface area contributed by atoms with Crippen molar-refractivity contribution < 1.29 is 10.2 Å². The van der Waals surface area contributed by atoms with E-state index in [1.165, 1.54) is 0 Å². The van der Waals surface area contributed by atoms with Gasteiger partial charge in [-0.25, -0.2) is 0 Å². The monoisotopic (exact) mass is 146 g/mol. The number of hydrogen-bond donors (Lipinski definition) is 4. The molecule has 1 aliphatic heterocycles. The summed E-state index contributed by atoms with van der Waals surface area (Å²) in [5.41, 5.74) is 0. The van der Waals surface area contributed by atoms with Gasteiger partial charge in [0.25, 0.3) is 0 Å². The molecular weight excluding hydrogens is 132 g/mol. The normalized spacial score (nSPS) is 34.2. The van der Waals surface area contributed by atoms with Crippen molar-refractivity contribution in [2.24, 2.45) is 0 Å². The van der Waals surface area contributed by atoms with Crippen LogP contribution in [0.4, 0.5) is 0 Å². The topological polar surface area (TPSA) is 64.5 Å². The summed E-state index contributed by atoms with van der Waals surface area (Å²) in [7, 11) is 0. The summed E-state index contributed by atoms with van der Waals surface area (Å²) in [6, 6.07) is 0.0255. The van der Waals surface area contributed by atoms with Gasteiger partial charge in [-0.15, -0.1) is 0 Å². The molecule has 0 amide bonds. The van der Waals surface area contributed by atoms with Crippen molar-refractivity contribution in [1.82, 2.24) is 10.6 Å². The van der Waals surface area contributed by atoms with Gasteiger partial charge in [-0.1, -0.05) is 0 Å². The molecule has 0 saturated carbocycles. The number of nitrogens with one attached hydrogen (secondary N) is 2. The first-order valence-electron chi connectivity index (χ1n) is 3.57. The molecule has 0 aliphatic carbocycles. The summed E-state index contributed by atoms with van der Waals surface area (Å²) in [6.45, 7) is 1.89. The van der Waals surface area contributed by atoms with Crippen molar-refractivity contribution in [3.63, 3.8) is 0 Å². The molecule has 0 spiro atoms. The van der Waals surface area contributed by atoms with Crippen molar-refractivity contribution in [3.05, 3.63) is 0 Å². The molecule has 0 aromatic heterocycles. The van der Waals surface area contributed by atoms with Crippen LogP contribution in [0.3, 0.4) is 0 Å². The standard InChI is InChI=1S/C6H14N2O2/c9-3-5-6(4-10)8-2-1-7-5/h5-10H,1-4H2. The molecule has 0 radical (unpaired) electrons. The zero-order valence-electron chi connectivity index (χ0n) is 5.88. The second-order valence-electron chi connectivity index (χ2n) is 2.49. The van der Waals surface area contributed by atoms with Gasteiger partial charge < -0.3 is 20.8 Å². The highest BCUT2D eigenvalue weighted by Crippen LogP contribution is 1.95.